The number of aromatic nitrogens is 2. The average molecular weight is 523 g/mol. The van der Waals surface area contributed by atoms with E-state index in [4.69, 9.17) is 25.4 Å². The first-order chi connectivity index (χ1) is 18.2. The Kier molecular flexibility index (Phi) is 16.4. The molecule has 2 amide bonds. The largest absolute Gasteiger partial charge is 0.436 e. The molecule has 3 N–H and O–H groups in total. The molecule has 0 atom stereocenters. The molecule has 1 fully saturated rings. The van der Waals surface area contributed by atoms with Crippen molar-refractivity contribution in [3.05, 3.63) is 18.0 Å². The summed E-state index contributed by atoms with van der Waals surface area (Å²) in [6.07, 6.45) is 8.18. The van der Waals surface area contributed by atoms with E-state index in [1.54, 1.807) is 12.4 Å². The SMILES string of the molecule is C#CCOC(=O)NCCOCCOCCOCCOCCC(=O)NCc1cnc(N2CCNCC2)nc1. The highest BCUT2D eigenvalue weighted by molar-refractivity contribution is 5.75. The zero-order chi connectivity index (χ0) is 26.4. The van der Waals surface area contributed by atoms with Gasteiger partial charge in [0, 0.05) is 63.6 Å². The highest BCUT2D eigenvalue weighted by Crippen LogP contribution is 2.07. The Labute approximate surface area is 217 Å². The summed E-state index contributed by atoms with van der Waals surface area (Å²) in [4.78, 5) is 34.0. The lowest BCUT2D eigenvalue weighted by atomic mass is 10.3. The Balaban J connectivity index is 1.33. The highest BCUT2D eigenvalue weighted by atomic mass is 16.6. The van der Waals surface area contributed by atoms with Crippen molar-refractivity contribution in [2.75, 3.05) is 97.1 Å². The second-order valence-electron chi connectivity index (χ2n) is 7.81. The van der Waals surface area contributed by atoms with Gasteiger partial charge in [0.1, 0.15) is 0 Å². The summed E-state index contributed by atoms with van der Waals surface area (Å²) < 4.78 is 26.2. The maximum Gasteiger partial charge on any atom is 0.408 e. The van der Waals surface area contributed by atoms with E-state index in [0.29, 0.717) is 65.9 Å². The van der Waals surface area contributed by atoms with Gasteiger partial charge in [-0.05, 0) is 0 Å². The Morgan fingerprint density at radius 1 is 0.919 bits per heavy atom. The van der Waals surface area contributed by atoms with Crippen LogP contribution < -0.4 is 20.9 Å². The number of ether oxygens (including phenoxy) is 5. The minimum Gasteiger partial charge on any atom is -0.436 e. The van der Waals surface area contributed by atoms with Crippen molar-refractivity contribution in [1.29, 1.82) is 0 Å². The van der Waals surface area contributed by atoms with Gasteiger partial charge >= 0.3 is 6.09 Å². The first-order valence-electron chi connectivity index (χ1n) is 12.4. The van der Waals surface area contributed by atoms with E-state index in [0.717, 1.165) is 37.7 Å². The number of amides is 2. The molecule has 1 saturated heterocycles. The summed E-state index contributed by atoms with van der Waals surface area (Å²) in [7, 11) is 0. The van der Waals surface area contributed by atoms with E-state index in [1.807, 2.05) is 0 Å². The third-order valence-corrected chi connectivity index (χ3v) is 4.97. The molecular formula is C24H38N6O7. The number of alkyl carbamates (subject to hydrolysis) is 1. The summed E-state index contributed by atoms with van der Waals surface area (Å²) in [5.74, 6) is 2.83. The molecule has 2 heterocycles. The Morgan fingerprint density at radius 3 is 2.14 bits per heavy atom. The maximum atomic E-state index is 12.0. The molecule has 0 aliphatic carbocycles. The first kappa shape index (κ1) is 30.2. The van der Waals surface area contributed by atoms with Crippen molar-refractivity contribution in [3.63, 3.8) is 0 Å². The van der Waals surface area contributed by atoms with Crippen LogP contribution in [0.15, 0.2) is 12.4 Å². The lowest BCUT2D eigenvalue weighted by Gasteiger charge is -2.27. The van der Waals surface area contributed by atoms with Crippen molar-refractivity contribution in [2.45, 2.75) is 13.0 Å². The number of nitrogens with one attached hydrogen (secondary N) is 3. The van der Waals surface area contributed by atoms with Crippen LogP contribution >= 0.6 is 0 Å². The second kappa shape index (κ2) is 20.1. The predicted molar refractivity (Wildman–Crippen MR) is 135 cm³/mol. The monoisotopic (exact) mass is 522 g/mol. The molecule has 2 rings (SSSR count). The number of carbonyl (C=O) groups excluding carboxylic acids is 2. The van der Waals surface area contributed by atoms with Gasteiger partial charge in [0.25, 0.3) is 0 Å². The fraction of sp³-hybridized carbons (Fsp3) is 0.667. The van der Waals surface area contributed by atoms with Crippen LogP contribution in [0.5, 0.6) is 0 Å². The molecular weight excluding hydrogens is 484 g/mol. The van der Waals surface area contributed by atoms with Gasteiger partial charge in [0.05, 0.1) is 52.9 Å². The summed E-state index contributed by atoms with van der Waals surface area (Å²) in [5, 5.41) is 8.65. The molecule has 0 unspecified atom stereocenters. The Bertz CT molecular complexity index is 800. The molecule has 1 aliphatic rings. The van der Waals surface area contributed by atoms with E-state index in [2.05, 4.69) is 41.5 Å². The highest BCUT2D eigenvalue weighted by Gasteiger charge is 2.12. The fourth-order valence-corrected chi connectivity index (χ4v) is 3.07. The molecule has 0 saturated carbocycles. The molecule has 1 aromatic rings. The third kappa shape index (κ3) is 15.0. The fourth-order valence-electron chi connectivity index (χ4n) is 3.07. The molecule has 0 aromatic carbocycles. The number of hydrogen-bond acceptors (Lipinski definition) is 11. The molecule has 1 aliphatic heterocycles. The smallest absolute Gasteiger partial charge is 0.408 e. The normalized spacial score (nSPS) is 13.1. The molecule has 0 bridgehead atoms. The van der Waals surface area contributed by atoms with Crippen LogP contribution in [-0.4, -0.2) is 114 Å². The summed E-state index contributed by atoms with van der Waals surface area (Å²) in [5.41, 5.74) is 0.853. The average Bonchev–Trinajstić information content (AvgIpc) is 2.93. The van der Waals surface area contributed by atoms with Gasteiger partial charge in [0.15, 0.2) is 6.61 Å². The van der Waals surface area contributed by atoms with Gasteiger partial charge in [-0.3, -0.25) is 4.79 Å². The minimum atomic E-state index is -0.569. The maximum absolute atomic E-state index is 12.0. The predicted octanol–water partition coefficient (Wildman–Crippen LogP) is -0.682. The van der Waals surface area contributed by atoms with E-state index >= 15 is 0 Å². The molecule has 37 heavy (non-hydrogen) atoms. The third-order valence-electron chi connectivity index (χ3n) is 4.97. The van der Waals surface area contributed by atoms with Crippen molar-refractivity contribution >= 4 is 17.9 Å². The zero-order valence-corrected chi connectivity index (χ0v) is 21.2. The van der Waals surface area contributed by atoms with Gasteiger partial charge in [-0.2, -0.15) is 0 Å². The Morgan fingerprint density at radius 2 is 1.51 bits per heavy atom. The number of anilines is 1. The number of carbonyl (C=O) groups is 2. The molecule has 1 aromatic heterocycles. The van der Waals surface area contributed by atoms with Crippen LogP contribution in [-0.2, 0) is 35.0 Å². The second-order valence-corrected chi connectivity index (χ2v) is 7.81. The number of rotatable bonds is 19. The topological polar surface area (TPSA) is 145 Å². The van der Waals surface area contributed by atoms with Crippen molar-refractivity contribution in [3.8, 4) is 12.3 Å². The number of piperazine rings is 1. The van der Waals surface area contributed by atoms with Crippen LogP contribution in [0.3, 0.4) is 0 Å². The zero-order valence-electron chi connectivity index (χ0n) is 21.2. The number of hydrogen-bond donors (Lipinski definition) is 3. The van der Waals surface area contributed by atoms with Crippen LogP contribution in [0, 0.1) is 12.3 Å². The number of nitrogens with zero attached hydrogens (tertiary/aromatic N) is 3. The van der Waals surface area contributed by atoms with Gasteiger partial charge in [0.2, 0.25) is 11.9 Å². The molecule has 13 heteroatoms. The van der Waals surface area contributed by atoms with Gasteiger partial charge < -0.3 is 44.5 Å². The van der Waals surface area contributed by atoms with E-state index < -0.39 is 6.09 Å². The van der Waals surface area contributed by atoms with E-state index in [-0.39, 0.29) is 18.9 Å². The van der Waals surface area contributed by atoms with Crippen LogP contribution in [0.1, 0.15) is 12.0 Å². The lowest BCUT2D eigenvalue weighted by Crippen LogP contribution is -2.44. The minimum absolute atomic E-state index is 0.0594. The van der Waals surface area contributed by atoms with Gasteiger partial charge in [-0.25, -0.2) is 14.8 Å². The Hall–Kier alpha value is -3.02. The van der Waals surface area contributed by atoms with Crippen molar-refractivity contribution < 1.29 is 33.3 Å². The summed E-state index contributed by atoms with van der Waals surface area (Å²) >= 11 is 0. The lowest BCUT2D eigenvalue weighted by molar-refractivity contribution is -0.122. The van der Waals surface area contributed by atoms with Crippen molar-refractivity contribution in [1.82, 2.24) is 25.9 Å². The van der Waals surface area contributed by atoms with Crippen LogP contribution in [0.4, 0.5) is 10.7 Å². The van der Waals surface area contributed by atoms with Gasteiger partial charge in [-0.15, -0.1) is 6.42 Å². The molecule has 13 nitrogen and oxygen atoms in total. The molecule has 0 radical (unpaired) electrons. The van der Waals surface area contributed by atoms with E-state index in [1.165, 1.54) is 0 Å². The van der Waals surface area contributed by atoms with Crippen LogP contribution in [0.25, 0.3) is 0 Å². The van der Waals surface area contributed by atoms with Crippen LogP contribution in [0.2, 0.25) is 0 Å². The standard InChI is InChI=1S/C24H38N6O7/c1-2-9-37-24(32)26-6-11-34-13-15-36-17-16-35-14-12-33-10-3-22(31)27-18-21-19-28-23(29-20-21)30-7-4-25-5-8-30/h1,19-20,25H,3-18H2,(H,26,32)(H,27,31). The summed E-state index contributed by atoms with van der Waals surface area (Å²) in [6.45, 7) is 7.45. The van der Waals surface area contributed by atoms with Crippen molar-refractivity contribution in [2.24, 2.45) is 0 Å². The molecule has 206 valence electrons. The first-order valence-corrected chi connectivity index (χ1v) is 12.4. The number of terminal acetylenes is 1. The quantitative estimate of drug-likeness (QED) is 0.157. The molecule has 0 spiro atoms. The summed E-state index contributed by atoms with van der Waals surface area (Å²) in [6, 6.07) is 0. The van der Waals surface area contributed by atoms with Gasteiger partial charge in [-0.1, -0.05) is 5.92 Å². The van der Waals surface area contributed by atoms with E-state index in [9.17, 15) is 9.59 Å².